The van der Waals surface area contributed by atoms with Crippen LogP contribution in [-0.2, 0) is 12.6 Å². The van der Waals surface area contributed by atoms with Crippen molar-refractivity contribution in [3.63, 3.8) is 0 Å². The second kappa shape index (κ2) is 6.45. The number of fused-ring (bicyclic) bond motifs is 1. The topological polar surface area (TPSA) is 66.8 Å². The number of alkyl halides is 3. The molecule has 0 saturated heterocycles. The summed E-state index contributed by atoms with van der Waals surface area (Å²) in [6.07, 6.45) is -0.853. The Hall–Kier alpha value is -2.75. The first kappa shape index (κ1) is 17.7. The molecule has 3 aromatic rings. The predicted molar refractivity (Wildman–Crippen MR) is 97.4 cm³/mol. The molecule has 4 rings (SSSR count). The van der Waals surface area contributed by atoms with Crippen molar-refractivity contribution in [3.05, 3.63) is 41.2 Å². The van der Waals surface area contributed by atoms with Gasteiger partial charge >= 0.3 is 6.18 Å². The summed E-state index contributed by atoms with van der Waals surface area (Å²) in [4.78, 5) is 14.8. The molecule has 0 unspecified atom stereocenters. The quantitative estimate of drug-likeness (QED) is 0.725. The van der Waals surface area contributed by atoms with Crippen molar-refractivity contribution >= 4 is 28.2 Å². The van der Waals surface area contributed by atoms with E-state index in [0.717, 1.165) is 42.4 Å². The summed E-state index contributed by atoms with van der Waals surface area (Å²) in [6, 6.07) is 3.03. The zero-order chi connectivity index (χ0) is 19.2. The Morgan fingerprint density at radius 2 is 2.00 bits per heavy atom. The second-order valence-corrected chi connectivity index (χ2v) is 7.06. The third kappa shape index (κ3) is 3.44. The van der Waals surface area contributed by atoms with Crippen LogP contribution in [0.4, 0.5) is 29.8 Å². The van der Waals surface area contributed by atoms with Gasteiger partial charge in [0, 0.05) is 31.3 Å². The van der Waals surface area contributed by atoms with Crippen LogP contribution in [0.1, 0.15) is 16.7 Å². The molecule has 6 nitrogen and oxygen atoms in total. The SMILES string of the molecule is Cc1cc(C(F)(F)F)cnc1Nc1nc(-c2cc3c(cn2)N(C)CC3)ns1. The summed E-state index contributed by atoms with van der Waals surface area (Å²) in [5.74, 6) is 0.790. The van der Waals surface area contributed by atoms with Crippen LogP contribution in [0, 0.1) is 6.92 Å². The zero-order valence-corrected chi connectivity index (χ0v) is 15.3. The number of aromatic nitrogens is 4. The lowest BCUT2D eigenvalue weighted by Gasteiger charge is -2.10. The highest BCUT2D eigenvalue weighted by molar-refractivity contribution is 7.09. The largest absolute Gasteiger partial charge is 0.417 e. The van der Waals surface area contributed by atoms with Gasteiger partial charge < -0.3 is 10.2 Å². The van der Waals surface area contributed by atoms with Crippen LogP contribution in [0.15, 0.2) is 24.5 Å². The van der Waals surface area contributed by atoms with E-state index in [0.29, 0.717) is 28.0 Å². The summed E-state index contributed by atoms with van der Waals surface area (Å²) in [7, 11) is 2.02. The van der Waals surface area contributed by atoms with Crippen molar-refractivity contribution in [2.75, 3.05) is 23.8 Å². The first-order valence-corrected chi connectivity index (χ1v) is 8.93. The smallest absolute Gasteiger partial charge is 0.373 e. The molecule has 0 aliphatic carbocycles. The molecule has 0 aromatic carbocycles. The van der Waals surface area contributed by atoms with E-state index in [4.69, 9.17) is 0 Å². The molecule has 140 valence electrons. The summed E-state index contributed by atoms with van der Waals surface area (Å²) in [5, 5.41) is 3.38. The molecular weight excluding hydrogens is 377 g/mol. The highest BCUT2D eigenvalue weighted by Crippen LogP contribution is 2.32. The lowest BCUT2D eigenvalue weighted by atomic mass is 10.2. The van der Waals surface area contributed by atoms with Gasteiger partial charge in [-0.3, -0.25) is 4.98 Å². The van der Waals surface area contributed by atoms with Crippen LogP contribution >= 0.6 is 11.5 Å². The van der Waals surface area contributed by atoms with E-state index in [2.05, 4.69) is 29.5 Å². The number of anilines is 3. The van der Waals surface area contributed by atoms with Crippen LogP contribution in [0.2, 0.25) is 0 Å². The first-order chi connectivity index (χ1) is 12.8. The van der Waals surface area contributed by atoms with Gasteiger partial charge in [-0.15, -0.1) is 0 Å². The van der Waals surface area contributed by atoms with Crippen molar-refractivity contribution in [2.45, 2.75) is 19.5 Å². The molecule has 0 spiro atoms. The molecule has 0 radical (unpaired) electrons. The van der Waals surface area contributed by atoms with Gasteiger partial charge in [-0.2, -0.15) is 22.5 Å². The molecule has 0 saturated carbocycles. The average Bonchev–Trinajstić information content (AvgIpc) is 3.23. The van der Waals surface area contributed by atoms with Crippen LogP contribution in [0.3, 0.4) is 0 Å². The maximum absolute atomic E-state index is 12.7. The Morgan fingerprint density at radius 1 is 1.19 bits per heavy atom. The highest BCUT2D eigenvalue weighted by atomic mass is 32.1. The lowest BCUT2D eigenvalue weighted by Crippen LogP contribution is -2.12. The average molecular weight is 392 g/mol. The number of hydrogen-bond acceptors (Lipinski definition) is 7. The Balaban J connectivity index is 1.55. The fraction of sp³-hybridized carbons (Fsp3) is 0.294. The molecule has 0 amide bonds. The molecule has 3 aromatic heterocycles. The maximum atomic E-state index is 12.7. The monoisotopic (exact) mass is 392 g/mol. The third-order valence-electron chi connectivity index (χ3n) is 4.38. The number of likely N-dealkylation sites (N-methyl/N-ethyl adjacent to an activating group) is 1. The number of pyridine rings is 2. The lowest BCUT2D eigenvalue weighted by molar-refractivity contribution is -0.137. The molecule has 1 aliphatic rings. The van der Waals surface area contributed by atoms with E-state index in [-0.39, 0.29) is 0 Å². The highest BCUT2D eigenvalue weighted by Gasteiger charge is 2.31. The van der Waals surface area contributed by atoms with Gasteiger partial charge in [0.25, 0.3) is 0 Å². The number of halogens is 3. The number of nitrogens with one attached hydrogen (secondary N) is 1. The molecule has 1 aliphatic heterocycles. The van der Waals surface area contributed by atoms with Gasteiger partial charge in [0.1, 0.15) is 11.5 Å². The summed E-state index contributed by atoms with van der Waals surface area (Å²) >= 11 is 1.11. The first-order valence-electron chi connectivity index (χ1n) is 8.16. The van der Waals surface area contributed by atoms with Crippen molar-refractivity contribution in [3.8, 4) is 11.5 Å². The maximum Gasteiger partial charge on any atom is 0.417 e. The van der Waals surface area contributed by atoms with Crippen molar-refractivity contribution in [1.82, 2.24) is 19.3 Å². The van der Waals surface area contributed by atoms with E-state index in [1.54, 1.807) is 6.92 Å². The minimum Gasteiger partial charge on any atom is -0.373 e. The van der Waals surface area contributed by atoms with Crippen molar-refractivity contribution < 1.29 is 13.2 Å². The summed E-state index contributed by atoms with van der Waals surface area (Å²) in [5.41, 5.74) is 2.57. The van der Waals surface area contributed by atoms with E-state index in [1.165, 1.54) is 5.56 Å². The standard InChI is InChI=1S/C17H15F3N6S/c1-9-5-11(17(18,19)20)7-22-14(9)23-16-24-15(25-27-16)12-6-10-3-4-26(2)13(10)8-21-12/h5-8H,3-4H2,1-2H3,(H,22,23,24,25). The van der Waals surface area contributed by atoms with Crippen LogP contribution < -0.4 is 10.2 Å². The Kier molecular flexibility index (Phi) is 4.22. The van der Waals surface area contributed by atoms with Crippen LogP contribution in [-0.4, -0.2) is 32.9 Å². The van der Waals surface area contributed by atoms with Crippen LogP contribution in [0.5, 0.6) is 0 Å². The Bertz CT molecular complexity index is 1000. The molecular formula is C17H15F3N6S. The van der Waals surface area contributed by atoms with E-state index in [9.17, 15) is 13.2 Å². The Labute approximate surface area is 157 Å². The molecule has 0 bridgehead atoms. The second-order valence-electron chi connectivity index (χ2n) is 6.31. The van der Waals surface area contributed by atoms with E-state index < -0.39 is 11.7 Å². The minimum absolute atomic E-state index is 0.314. The van der Waals surface area contributed by atoms with Gasteiger partial charge in [0.05, 0.1) is 17.4 Å². The normalized spacial score (nSPS) is 13.7. The molecule has 0 fully saturated rings. The van der Waals surface area contributed by atoms with Crippen LogP contribution in [0.25, 0.3) is 11.5 Å². The van der Waals surface area contributed by atoms with Gasteiger partial charge in [-0.1, -0.05) is 0 Å². The fourth-order valence-corrected chi connectivity index (χ4v) is 3.48. The number of hydrogen-bond donors (Lipinski definition) is 1. The van der Waals surface area contributed by atoms with Gasteiger partial charge in [-0.05, 0) is 36.6 Å². The zero-order valence-electron chi connectivity index (χ0n) is 14.5. The molecule has 10 heteroatoms. The van der Waals surface area contributed by atoms with Crippen molar-refractivity contribution in [2.24, 2.45) is 0 Å². The van der Waals surface area contributed by atoms with Gasteiger partial charge in [0.15, 0.2) is 5.82 Å². The molecule has 1 N–H and O–H groups in total. The molecule has 4 heterocycles. The Morgan fingerprint density at radius 3 is 2.74 bits per heavy atom. The minimum atomic E-state index is -4.42. The van der Waals surface area contributed by atoms with E-state index >= 15 is 0 Å². The summed E-state index contributed by atoms with van der Waals surface area (Å²) in [6.45, 7) is 2.52. The number of nitrogens with zero attached hydrogens (tertiary/aromatic N) is 5. The summed E-state index contributed by atoms with van der Waals surface area (Å²) < 4.78 is 42.5. The molecule has 0 atom stereocenters. The van der Waals surface area contributed by atoms with E-state index in [1.807, 2.05) is 19.3 Å². The fourth-order valence-electron chi connectivity index (χ4n) is 2.90. The van der Waals surface area contributed by atoms with Gasteiger partial charge in [-0.25, -0.2) is 4.98 Å². The van der Waals surface area contributed by atoms with Gasteiger partial charge in [0.2, 0.25) is 5.13 Å². The number of rotatable bonds is 3. The third-order valence-corrected chi connectivity index (χ3v) is 5.01. The predicted octanol–water partition coefficient (Wildman–Crippen LogP) is 4.06. The number of aryl methyl sites for hydroxylation is 1. The molecule has 27 heavy (non-hydrogen) atoms. The van der Waals surface area contributed by atoms with Crippen molar-refractivity contribution in [1.29, 1.82) is 0 Å².